The second-order valence-electron chi connectivity index (χ2n) is 8.96. The van der Waals surface area contributed by atoms with Crippen LogP contribution in [0.5, 0.6) is 5.75 Å². The van der Waals surface area contributed by atoms with Gasteiger partial charge >= 0.3 is 12.7 Å². The molecule has 3 rings (SSSR count). The van der Waals surface area contributed by atoms with Crippen molar-refractivity contribution in [3.05, 3.63) is 29.8 Å². The van der Waals surface area contributed by atoms with Crippen LogP contribution in [0.25, 0.3) is 0 Å². The lowest BCUT2D eigenvalue weighted by molar-refractivity contribution is -0.126. The third-order valence-corrected chi connectivity index (χ3v) is 5.54. The number of halogens is 2. The molecule has 0 aromatic heterocycles. The Balaban J connectivity index is 1.65. The van der Waals surface area contributed by atoms with Gasteiger partial charge in [-0.1, -0.05) is 12.1 Å². The molecule has 0 radical (unpaired) electrons. The third kappa shape index (κ3) is 5.67. The number of carbonyl (C=O) groups excluding carboxylic acids is 2. The standard InChI is InChI=1S/C22H29F2NO4/c1-22(2,3)29-21(27)25-16-7-5-8-17(25)13-15(12-16)19(26)11-14-6-4-9-18(10-14)28-20(23)24/h4,6,9-10,15-17,20H,5,7-8,11-13H2,1-3H3. The molecule has 7 heteroatoms. The molecular weight excluding hydrogens is 380 g/mol. The molecule has 0 aliphatic carbocycles. The van der Waals surface area contributed by atoms with Gasteiger partial charge in [0.1, 0.15) is 17.1 Å². The van der Waals surface area contributed by atoms with E-state index in [0.29, 0.717) is 18.4 Å². The van der Waals surface area contributed by atoms with Crippen molar-refractivity contribution in [2.45, 2.75) is 83.6 Å². The first-order valence-electron chi connectivity index (χ1n) is 10.2. The van der Waals surface area contributed by atoms with Crippen molar-refractivity contribution < 1.29 is 27.8 Å². The van der Waals surface area contributed by atoms with Crippen molar-refractivity contribution in [1.82, 2.24) is 4.90 Å². The highest BCUT2D eigenvalue weighted by Gasteiger charge is 2.44. The van der Waals surface area contributed by atoms with Gasteiger partial charge in [-0.2, -0.15) is 8.78 Å². The number of rotatable bonds is 5. The first-order valence-corrected chi connectivity index (χ1v) is 10.2. The molecule has 5 nitrogen and oxygen atoms in total. The monoisotopic (exact) mass is 409 g/mol. The van der Waals surface area contributed by atoms with Gasteiger partial charge in [-0.15, -0.1) is 0 Å². The van der Waals surface area contributed by atoms with E-state index in [0.717, 1.165) is 19.3 Å². The number of hydrogen-bond acceptors (Lipinski definition) is 4. The molecule has 2 atom stereocenters. The number of carbonyl (C=O) groups is 2. The van der Waals surface area contributed by atoms with E-state index in [1.54, 1.807) is 12.1 Å². The van der Waals surface area contributed by atoms with Gasteiger partial charge in [-0.3, -0.25) is 4.79 Å². The summed E-state index contributed by atoms with van der Waals surface area (Å²) in [6.45, 7) is 2.66. The van der Waals surface area contributed by atoms with Crippen molar-refractivity contribution in [1.29, 1.82) is 0 Å². The maximum Gasteiger partial charge on any atom is 0.410 e. The van der Waals surface area contributed by atoms with Crippen LogP contribution in [0.3, 0.4) is 0 Å². The lowest BCUT2D eigenvalue weighted by Crippen LogP contribution is -2.56. The zero-order valence-corrected chi connectivity index (χ0v) is 17.2. The number of ketones is 1. The summed E-state index contributed by atoms with van der Waals surface area (Å²) < 4.78 is 34.8. The summed E-state index contributed by atoms with van der Waals surface area (Å²) in [7, 11) is 0. The topological polar surface area (TPSA) is 55.8 Å². The molecule has 1 amide bonds. The van der Waals surface area contributed by atoms with Crippen LogP contribution in [0, 0.1) is 5.92 Å². The Morgan fingerprint density at radius 2 is 1.83 bits per heavy atom. The van der Waals surface area contributed by atoms with Gasteiger partial charge in [0, 0.05) is 24.4 Å². The van der Waals surface area contributed by atoms with Crippen LogP contribution in [0.2, 0.25) is 0 Å². The Morgan fingerprint density at radius 3 is 2.41 bits per heavy atom. The predicted molar refractivity (Wildman–Crippen MR) is 104 cm³/mol. The number of benzene rings is 1. The lowest BCUT2D eigenvalue weighted by atomic mass is 9.76. The summed E-state index contributed by atoms with van der Waals surface area (Å²) in [5, 5.41) is 0. The molecule has 0 N–H and O–H groups in total. The van der Waals surface area contributed by atoms with Crippen LogP contribution in [0.4, 0.5) is 13.6 Å². The van der Waals surface area contributed by atoms with Crippen LogP contribution in [-0.2, 0) is 16.0 Å². The van der Waals surface area contributed by atoms with E-state index in [9.17, 15) is 18.4 Å². The van der Waals surface area contributed by atoms with E-state index in [2.05, 4.69) is 4.74 Å². The van der Waals surface area contributed by atoms with Crippen molar-refractivity contribution >= 4 is 11.9 Å². The van der Waals surface area contributed by atoms with E-state index in [-0.39, 0.29) is 42.0 Å². The molecule has 29 heavy (non-hydrogen) atoms. The minimum atomic E-state index is -2.89. The van der Waals surface area contributed by atoms with Crippen LogP contribution >= 0.6 is 0 Å². The number of piperidine rings is 2. The predicted octanol–water partition coefficient (Wildman–Crippen LogP) is 4.97. The number of Topliss-reactive ketones (excluding diaryl/α,β-unsaturated/α-hetero) is 1. The van der Waals surface area contributed by atoms with E-state index >= 15 is 0 Å². The van der Waals surface area contributed by atoms with Crippen LogP contribution in [-0.4, -0.2) is 41.1 Å². The number of fused-ring (bicyclic) bond motifs is 2. The fourth-order valence-corrected chi connectivity index (χ4v) is 4.43. The quantitative estimate of drug-likeness (QED) is 0.689. The van der Waals surface area contributed by atoms with Crippen LogP contribution < -0.4 is 4.74 Å². The SMILES string of the molecule is CC(C)(C)OC(=O)N1C2CCCC1CC(C(=O)Cc1cccc(OC(F)F)c1)C2. The number of amides is 1. The number of ether oxygens (including phenoxy) is 2. The zero-order chi connectivity index (χ0) is 21.2. The van der Waals surface area contributed by atoms with Crippen molar-refractivity contribution in [2.75, 3.05) is 0 Å². The largest absolute Gasteiger partial charge is 0.444 e. The fourth-order valence-electron chi connectivity index (χ4n) is 4.43. The molecule has 2 saturated heterocycles. The Kier molecular flexibility index (Phi) is 6.44. The van der Waals surface area contributed by atoms with E-state index in [1.807, 2.05) is 25.7 Å². The van der Waals surface area contributed by atoms with Crippen LogP contribution in [0.15, 0.2) is 24.3 Å². The minimum Gasteiger partial charge on any atom is -0.444 e. The van der Waals surface area contributed by atoms with E-state index < -0.39 is 12.2 Å². The highest BCUT2D eigenvalue weighted by atomic mass is 19.3. The molecule has 0 spiro atoms. The molecule has 1 aromatic rings. The Hall–Kier alpha value is -2.18. The van der Waals surface area contributed by atoms with Gasteiger partial charge in [0.15, 0.2) is 0 Å². The average molecular weight is 409 g/mol. The second kappa shape index (κ2) is 8.67. The smallest absolute Gasteiger partial charge is 0.410 e. The normalized spacial score (nSPS) is 24.3. The molecule has 2 fully saturated rings. The Labute approximate surface area is 170 Å². The lowest BCUT2D eigenvalue weighted by Gasteiger charge is -2.48. The molecule has 2 bridgehead atoms. The summed E-state index contributed by atoms with van der Waals surface area (Å²) in [5.74, 6) is 0.00510. The van der Waals surface area contributed by atoms with Gasteiger partial charge in [0.25, 0.3) is 0 Å². The van der Waals surface area contributed by atoms with E-state index in [1.165, 1.54) is 12.1 Å². The summed E-state index contributed by atoms with van der Waals surface area (Å²) in [4.78, 5) is 27.4. The maximum absolute atomic E-state index is 12.9. The van der Waals surface area contributed by atoms with Gasteiger partial charge in [0.2, 0.25) is 0 Å². The first-order chi connectivity index (χ1) is 13.6. The molecule has 2 unspecified atom stereocenters. The number of alkyl halides is 2. The zero-order valence-electron chi connectivity index (χ0n) is 17.2. The van der Waals surface area contributed by atoms with Crippen molar-refractivity contribution in [3.8, 4) is 5.75 Å². The molecule has 2 heterocycles. The van der Waals surface area contributed by atoms with Crippen molar-refractivity contribution in [3.63, 3.8) is 0 Å². The number of nitrogens with zero attached hydrogens (tertiary/aromatic N) is 1. The fraction of sp³-hybridized carbons (Fsp3) is 0.636. The van der Waals surface area contributed by atoms with Crippen LogP contribution in [0.1, 0.15) is 58.4 Å². The Morgan fingerprint density at radius 1 is 1.17 bits per heavy atom. The molecule has 2 aliphatic heterocycles. The highest BCUT2D eigenvalue weighted by molar-refractivity contribution is 5.84. The number of hydrogen-bond donors (Lipinski definition) is 0. The summed E-state index contributed by atoms with van der Waals surface area (Å²) in [6.07, 6.45) is 3.92. The van der Waals surface area contributed by atoms with Gasteiger partial charge in [0.05, 0.1) is 0 Å². The summed E-state index contributed by atoms with van der Waals surface area (Å²) in [5.41, 5.74) is 0.108. The van der Waals surface area contributed by atoms with E-state index in [4.69, 9.17) is 4.74 Å². The van der Waals surface area contributed by atoms with Crippen molar-refractivity contribution in [2.24, 2.45) is 5.92 Å². The molecule has 1 aromatic carbocycles. The second-order valence-corrected chi connectivity index (χ2v) is 8.96. The first kappa shape index (κ1) is 21.5. The summed E-state index contributed by atoms with van der Waals surface area (Å²) >= 11 is 0. The minimum absolute atomic E-state index is 0.0137. The molecule has 160 valence electrons. The average Bonchev–Trinajstić information content (AvgIpc) is 2.58. The molecular formula is C22H29F2NO4. The third-order valence-electron chi connectivity index (χ3n) is 5.54. The molecule has 2 aliphatic rings. The van der Waals surface area contributed by atoms with Gasteiger partial charge < -0.3 is 14.4 Å². The van der Waals surface area contributed by atoms with Gasteiger partial charge in [-0.05, 0) is 70.6 Å². The van der Waals surface area contributed by atoms with Gasteiger partial charge in [-0.25, -0.2) is 4.79 Å². The maximum atomic E-state index is 12.9. The Bertz CT molecular complexity index is 733. The highest BCUT2D eigenvalue weighted by Crippen LogP contribution is 2.38. The summed E-state index contributed by atoms with van der Waals surface area (Å²) in [6, 6.07) is 6.32. The molecule has 0 saturated carbocycles.